The number of likely N-dealkylation sites (N-methyl/N-ethyl adjacent to an activating group) is 1. The number of hydrogen-bond acceptors (Lipinski definition) is 4. The highest BCUT2D eigenvalue weighted by Gasteiger charge is 2.37. The summed E-state index contributed by atoms with van der Waals surface area (Å²) < 4.78 is 25.3. The van der Waals surface area contributed by atoms with Gasteiger partial charge in [0, 0.05) is 13.6 Å². The first-order valence-corrected chi connectivity index (χ1v) is 7.57. The van der Waals surface area contributed by atoms with Crippen molar-refractivity contribution in [3.8, 4) is 0 Å². The number of nitrogens with zero attached hydrogens (tertiary/aromatic N) is 1. The highest BCUT2D eigenvalue weighted by atomic mass is 32.2. The van der Waals surface area contributed by atoms with Gasteiger partial charge in [-0.25, -0.2) is 12.7 Å². The highest BCUT2D eigenvalue weighted by Crippen LogP contribution is 2.30. The van der Waals surface area contributed by atoms with Gasteiger partial charge in [-0.1, -0.05) is 25.1 Å². The van der Waals surface area contributed by atoms with Crippen LogP contribution in [0.3, 0.4) is 0 Å². The molecule has 7 heteroatoms. The van der Waals surface area contributed by atoms with Crippen LogP contribution in [0.1, 0.15) is 32.6 Å². The van der Waals surface area contributed by atoms with Crippen molar-refractivity contribution >= 4 is 27.2 Å². The van der Waals surface area contributed by atoms with E-state index in [2.05, 4.69) is 0 Å². The van der Waals surface area contributed by atoms with Gasteiger partial charge in [0.25, 0.3) is 0 Å². The van der Waals surface area contributed by atoms with E-state index in [4.69, 9.17) is 18.0 Å². The summed E-state index contributed by atoms with van der Waals surface area (Å²) in [5.41, 5.74) is 4.47. The zero-order valence-corrected chi connectivity index (χ0v) is 11.9. The SMILES string of the molecule is CC(C(N)=S)S(=O)(=O)N(C)CC1(O)CCCC1. The number of thiocarbonyl (C=S) groups is 1. The van der Waals surface area contributed by atoms with E-state index in [9.17, 15) is 13.5 Å². The van der Waals surface area contributed by atoms with E-state index in [-0.39, 0.29) is 11.5 Å². The summed E-state index contributed by atoms with van der Waals surface area (Å²) in [7, 11) is -2.10. The smallest absolute Gasteiger partial charge is 0.223 e. The van der Waals surface area contributed by atoms with Crippen LogP contribution in [0.25, 0.3) is 0 Å². The van der Waals surface area contributed by atoms with E-state index in [1.807, 2.05) is 0 Å². The minimum absolute atomic E-state index is 0.0461. The predicted molar refractivity (Wildman–Crippen MR) is 71.2 cm³/mol. The van der Waals surface area contributed by atoms with Gasteiger partial charge in [0.15, 0.2) is 0 Å². The Bertz CT molecular complexity index is 388. The van der Waals surface area contributed by atoms with Crippen LogP contribution in [-0.4, -0.2) is 47.3 Å². The summed E-state index contributed by atoms with van der Waals surface area (Å²) in [4.78, 5) is -0.0461. The highest BCUT2D eigenvalue weighted by molar-refractivity contribution is 7.92. The molecule has 0 heterocycles. The number of nitrogens with two attached hydrogens (primary N) is 1. The predicted octanol–water partition coefficient (Wildman–Crippen LogP) is 0.228. The third-order valence-electron chi connectivity index (χ3n) is 3.33. The quantitative estimate of drug-likeness (QED) is 0.704. The molecule has 0 aromatic carbocycles. The fourth-order valence-electron chi connectivity index (χ4n) is 2.11. The van der Waals surface area contributed by atoms with Gasteiger partial charge in [0.2, 0.25) is 10.0 Å². The van der Waals surface area contributed by atoms with Crippen LogP contribution in [0.15, 0.2) is 0 Å². The lowest BCUT2D eigenvalue weighted by Crippen LogP contribution is -2.47. The molecule has 100 valence electrons. The minimum Gasteiger partial charge on any atom is -0.392 e. The average Bonchev–Trinajstić information content (AvgIpc) is 2.63. The van der Waals surface area contributed by atoms with Gasteiger partial charge < -0.3 is 10.8 Å². The molecule has 0 amide bonds. The lowest BCUT2D eigenvalue weighted by molar-refractivity contribution is 0.0333. The van der Waals surface area contributed by atoms with Gasteiger partial charge >= 0.3 is 0 Å². The van der Waals surface area contributed by atoms with Crippen LogP contribution in [0, 0.1) is 0 Å². The molecule has 5 nitrogen and oxygen atoms in total. The summed E-state index contributed by atoms with van der Waals surface area (Å²) >= 11 is 4.71. The van der Waals surface area contributed by atoms with E-state index in [0.29, 0.717) is 12.8 Å². The summed E-state index contributed by atoms with van der Waals surface area (Å²) in [5, 5.41) is 9.28. The molecular weight excluding hydrogens is 260 g/mol. The molecule has 0 saturated heterocycles. The van der Waals surface area contributed by atoms with E-state index in [0.717, 1.165) is 12.8 Å². The van der Waals surface area contributed by atoms with Crippen molar-refractivity contribution in [2.24, 2.45) is 5.73 Å². The van der Waals surface area contributed by atoms with Crippen molar-refractivity contribution in [2.75, 3.05) is 13.6 Å². The zero-order chi connectivity index (χ0) is 13.3. The Hall–Kier alpha value is -0.240. The van der Waals surface area contributed by atoms with Crippen molar-refractivity contribution in [1.29, 1.82) is 0 Å². The minimum atomic E-state index is -3.56. The molecule has 1 fully saturated rings. The standard InChI is InChI=1S/C10H20N2O3S2/c1-8(9(11)16)17(14,15)12(2)7-10(13)5-3-4-6-10/h8,13H,3-7H2,1-2H3,(H2,11,16). The van der Waals surface area contributed by atoms with Gasteiger partial charge in [-0.15, -0.1) is 0 Å². The number of aliphatic hydroxyl groups is 1. The summed E-state index contributed by atoms with van der Waals surface area (Å²) in [5.74, 6) is 0. The summed E-state index contributed by atoms with van der Waals surface area (Å²) in [6.07, 6.45) is 3.17. The number of sulfonamides is 1. The Morgan fingerprint density at radius 3 is 2.41 bits per heavy atom. The second-order valence-corrected chi connectivity index (χ2v) is 7.61. The maximum absolute atomic E-state index is 12.0. The Balaban J connectivity index is 2.76. The van der Waals surface area contributed by atoms with E-state index in [1.54, 1.807) is 0 Å². The number of hydrogen-bond donors (Lipinski definition) is 2. The molecule has 1 atom stereocenters. The zero-order valence-electron chi connectivity index (χ0n) is 10.2. The fourth-order valence-corrected chi connectivity index (χ4v) is 3.73. The van der Waals surface area contributed by atoms with Crippen LogP contribution in [0.2, 0.25) is 0 Å². The third kappa shape index (κ3) is 3.37. The van der Waals surface area contributed by atoms with Gasteiger partial charge in [0.1, 0.15) is 5.25 Å². The molecule has 1 unspecified atom stereocenters. The van der Waals surface area contributed by atoms with E-state index < -0.39 is 20.9 Å². The number of rotatable bonds is 5. The summed E-state index contributed by atoms with van der Waals surface area (Å²) in [6.45, 7) is 1.58. The first kappa shape index (κ1) is 14.8. The van der Waals surface area contributed by atoms with Gasteiger partial charge in [-0.05, 0) is 19.8 Å². The molecule has 0 radical (unpaired) electrons. The molecule has 0 spiro atoms. The molecule has 0 aromatic rings. The molecule has 1 rings (SSSR count). The topological polar surface area (TPSA) is 83.6 Å². The molecule has 0 aliphatic heterocycles. The van der Waals surface area contributed by atoms with Crippen molar-refractivity contribution in [3.05, 3.63) is 0 Å². The maximum atomic E-state index is 12.0. The van der Waals surface area contributed by atoms with Gasteiger partial charge in [0.05, 0.1) is 10.6 Å². The van der Waals surface area contributed by atoms with Crippen LogP contribution in [-0.2, 0) is 10.0 Å². The summed E-state index contributed by atoms with van der Waals surface area (Å²) in [6, 6.07) is 0. The monoisotopic (exact) mass is 280 g/mol. The fraction of sp³-hybridized carbons (Fsp3) is 0.900. The lowest BCUT2D eigenvalue weighted by atomic mass is 10.0. The molecular formula is C10H20N2O3S2. The maximum Gasteiger partial charge on any atom is 0.223 e. The third-order valence-corrected chi connectivity index (χ3v) is 5.98. The molecule has 0 bridgehead atoms. The molecule has 1 aliphatic carbocycles. The van der Waals surface area contributed by atoms with E-state index in [1.165, 1.54) is 18.3 Å². The second-order valence-electron chi connectivity index (χ2n) is 4.78. The first-order chi connectivity index (χ1) is 7.69. The van der Waals surface area contributed by atoms with Crippen molar-refractivity contribution in [1.82, 2.24) is 4.31 Å². The molecule has 17 heavy (non-hydrogen) atoms. The van der Waals surface area contributed by atoms with Crippen molar-refractivity contribution in [2.45, 2.75) is 43.5 Å². The molecule has 1 saturated carbocycles. The lowest BCUT2D eigenvalue weighted by Gasteiger charge is -2.29. The van der Waals surface area contributed by atoms with Crippen LogP contribution >= 0.6 is 12.2 Å². The molecule has 0 aromatic heterocycles. The normalized spacial score (nSPS) is 21.6. The van der Waals surface area contributed by atoms with Crippen LogP contribution in [0.4, 0.5) is 0 Å². The second kappa shape index (κ2) is 5.17. The van der Waals surface area contributed by atoms with Crippen LogP contribution in [0.5, 0.6) is 0 Å². The van der Waals surface area contributed by atoms with Crippen molar-refractivity contribution < 1.29 is 13.5 Å². The average molecular weight is 280 g/mol. The Labute approximate surface area is 108 Å². The Morgan fingerprint density at radius 2 is 2.00 bits per heavy atom. The Kier molecular flexibility index (Phi) is 4.51. The molecule has 3 N–H and O–H groups in total. The molecule has 1 aliphatic rings. The van der Waals surface area contributed by atoms with Crippen LogP contribution < -0.4 is 5.73 Å². The van der Waals surface area contributed by atoms with Crippen molar-refractivity contribution in [3.63, 3.8) is 0 Å². The Morgan fingerprint density at radius 1 is 1.53 bits per heavy atom. The van der Waals surface area contributed by atoms with E-state index >= 15 is 0 Å². The van der Waals surface area contributed by atoms with Gasteiger partial charge in [-0.2, -0.15) is 0 Å². The van der Waals surface area contributed by atoms with Gasteiger partial charge in [-0.3, -0.25) is 0 Å². The first-order valence-electron chi connectivity index (χ1n) is 5.66. The largest absolute Gasteiger partial charge is 0.392 e.